The summed E-state index contributed by atoms with van der Waals surface area (Å²) >= 11 is 0. The summed E-state index contributed by atoms with van der Waals surface area (Å²) in [5, 5.41) is 9.55. The largest absolute Gasteiger partial charge is 0.349 e. The minimum atomic E-state index is -0.211. The van der Waals surface area contributed by atoms with Crippen molar-refractivity contribution in [2.75, 3.05) is 6.54 Å². The van der Waals surface area contributed by atoms with Crippen molar-refractivity contribution in [3.63, 3.8) is 0 Å². The molecule has 1 aromatic heterocycles. The molecule has 0 unspecified atom stereocenters. The third kappa shape index (κ3) is 4.19. The van der Waals surface area contributed by atoms with Gasteiger partial charge < -0.3 is 5.32 Å². The average Bonchev–Trinajstić information content (AvgIpc) is 2.94. The summed E-state index contributed by atoms with van der Waals surface area (Å²) in [7, 11) is 0. The predicted molar refractivity (Wildman–Crippen MR) is 77.5 cm³/mol. The van der Waals surface area contributed by atoms with E-state index in [1.807, 2.05) is 18.2 Å². The van der Waals surface area contributed by atoms with E-state index in [1.54, 1.807) is 0 Å². The summed E-state index contributed by atoms with van der Waals surface area (Å²) in [5.74, 6) is 0.784. The van der Waals surface area contributed by atoms with Crippen LogP contribution in [0.3, 0.4) is 0 Å². The average molecular weight is 272 g/mol. The fraction of sp³-hybridized carbons (Fsp3) is 0.400. The maximum atomic E-state index is 11.8. The lowest BCUT2D eigenvalue weighted by Crippen LogP contribution is -2.25. The highest BCUT2D eigenvalue weighted by atomic mass is 16.2. The minimum Gasteiger partial charge on any atom is -0.349 e. The van der Waals surface area contributed by atoms with Gasteiger partial charge in [0.2, 0.25) is 5.82 Å². The summed E-state index contributed by atoms with van der Waals surface area (Å²) < 4.78 is 0. The van der Waals surface area contributed by atoms with Crippen LogP contribution in [0.1, 0.15) is 41.8 Å². The second kappa shape index (κ2) is 7.43. The Balaban J connectivity index is 1.72. The number of rotatable bonds is 7. The molecule has 2 rings (SSSR count). The van der Waals surface area contributed by atoms with Crippen molar-refractivity contribution < 1.29 is 4.79 Å². The molecule has 0 aliphatic heterocycles. The second-order valence-electron chi connectivity index (χ2n) is 4.70. The molecule has 1 aromatic carbocycles. The quantitative estimate of drug-likeness (QED) is 0.758. The second-order valence-corrected chi connectivity index (χ2v) is 4.70. The molecule has 0 spiro atoms. The Kier molecular flexibility index (Phi) is 5.29. The molecule has 0 fully saturated rings. The Morgan fingerprint density at radius 2 is 2.05 bits per heavy atom. The van der Waals surface area contributed by atoms with Gasteiger partial charge in [0.1, 0.15) is 5.82 Å². The Morgan fingerprint density at radius 3 is 2.80 bits per heavy atom. The van der Waals surface area contributed by atoms with Crippen molar-refractivity contribution in [1.29, 1.82) is 0 Å². The van der Waals surface area contributed by atoms with E-state index >= 15 is 0 Å². The van der Waals surface area contributed by atoms with Gasteiger partial charge in [-0.05, 0) is 24.8 Å². The summed E-state index contributed by atoms with van der Waals surface area (Å²) in [6.07, 6.45) is 3.65. The highest BCUT2D eigenvalue weighted by Gasteiger charge is 2.11. The molecule has 2 aromatic rings. The van der Waals surface area contributed by atoms with Crippen molar-refractivity contribution in [2.45, 2.75) is 32.6 Å². The van der Waals surface area contributed by atoms with Crippen LogP contribution < -0.4 is 5.32 Å². The van der Waals surface area contributed by atoms with Crippen LogP contribution in [0.2, 0.25) is 0 Å². The van der Waals surface area contributed by atoms with Crippen molar-refractivity contribution in [3.05, 3.63) is 47.5 Å². The Bertz CT molecular complexity index is 536. The maximum absolute atomic E-state index is 11.8. The molecule has 5 heteroatoms. The first-order valence-corrected chi connectivity index (χ1v) is 7.03. The smallest absolute Gasteiger partial charge is 0.290 e. The standard InChI is InChI=1S/C15H20N4O/c1-2-7-13-17-14(19-18-13)15(20)16-11-6-10-12-8-4-3-5-9-12/h3-5,8-9H,2,6-7,10-11H2,1H3,(H,16,20)(H,17,18,19). The Labute approximate surface area is 118 Å². The number of hydrogen-bond donors (Lipinski definition) is 2. The van der Waals surface area contributed by atoms with E-state index in [1.165, 1.54) is 5.56 Å². The Hall–Kier alpha value is -2.17. The molecular formula is C15H20N4O. The molecule has 0 saturated heterocycles. The maximum Gasteiger partial charge on any atom is 0.290 e. The zero-order chi connectivity index (χ0) is 14.2. The van der Waals surface area contributed by atoms with Crippen molar-refractivity contribution in [1.82, 2.24) is 20.5 Å². The van der Waals surface area contributed by atoms with Crippen LogP contribution in [0.4, 0.5) is 0 Å². The molecule has 1 heterocycles. The van der Waals surface area contributed by atoms with Gasteiger partial charge >= 0.3 is 0 Å². The molecule has 0 aliphatic rings. The van der Waals surface area contributed by atoms with Crippen LogP contribution >= 0.6 is 0 Å². The lowest BCUT2D eigenvalue weighted by Gasteiger charge is -2.02. The molecule has 20 heavy (non-hydrogen) atoms. The Morgan fingerprint density at radius 1 is 1.25 bits per heavy atom. The van der Waals surface area contributed by atoms with Crippen molar-refractivity contribution in [2.24, 2.45) is 0 Å². The zero-order valence-corrected chi connectivity index (χ0v) is 11.7. The van der Waals surface area contributed by atoms with Gasteiger partial charge in [-0.2, -0.15) is 0 Å². The van der Waals surface area contributed by atoms with Gasteiger partial charge in [-0.3, -0.25) is 9.89 Å². The molecular weight excluding hydrogens is 252 g/mol. The van der Waals surface area contributed by atoms with E-state index in [0.717, 1.165) is 31.5 Å². The molecule has 2 N–H and O–H groups in total. The number of nitrogens with one attached hydrogen (secondary N) is 2. The van der Waals surface area contributed by atoms with Crippen LogP contribution in [0, 0.1) is 0 Å². The number of nitrogens with zero attached hydrogens (tertiary/aromatic N) is 2. The summed E-state index contributed by atoms with van der Waals surface area (Å²) in [5.41, 5.74) is 1.28. The number of benzene rings is 1. The molecule has 0 aliphatic carbocycles. The SMILES string of the molecule is CCCc1nc(C(=O)NCCCc2ccccc2)n[nH]1. The van der Waals surface area contributed by atoms with Crippen molar-refractivity contribution in [3.8, 4) is 0 Å². The normalized spacial score (nSPS) is 10.4. The fourth-order valence-electron chi connectivity index (χ4n) is 1.96. The van der Waals surface area contributed by atoms with Gasteiger partial charge in [0, 0.05) is 13.0 Å². The lowest BCUT2D eigenvalue weighted by molar-refractivity contribution is 0.0943. The number of H-pyrrole nitrogens is 1. The van der Waals surface area contributed by atoms with E-state index in [2.05, 4.69) is 39.6 Å². The summed E-state index contributed by atoms with van der Waals surface area (Å²) in [4.78, 5) is 16.0. The first-order chi connectivity index (χ1) is 9.79. The predicted octanol–water partition coefficient (Wildman–Crippen LogP) is 2.12. The van der Waals surface area contributed by atoms with Gasteiger partial charge in [-0.15, -0.1) is 5.10 Å². The van der Waals surface area contributed by atoms with E-state index in [4.69, 9.17) is 0 Å². The highest BCUT2D eigenvalue weighted by Crippen LogP contribution is 2.02. The van der Waals surface area contributed by atoms with Gasteiger partial charge in [0.25, 0.3) is 5.91 Å². The van der Waals surface area contributed by atoms with E-state index < -0.39 is 0 Å². The van der Waals surface area contributed by atoms with E-state index in [0.29, 0.717) is 6.54 Å². The topological polar surface area (TPSA) is 70.7 Å². The number of carbonyl (C=O) groups excluding carboxylic acids is 1. The molecule has 0 saturated carbocycles. The van der Waals surface area contributed by atoms with Gasteiger partial charge in [0.15, 0.2) is 0 Å². The number of aromatic amines is 1. The number of aryl methyl sites for hydroxylation is 2. The molecule has 5 nitrogen and oxygen atoms in total. The molecule has 0 radical (unpaired) electrons. The first kappa shape index (κ1) is 14.2. The first-order valence-electron chi connectivity index (χ1n) is 7.03. The monoisotopic (exact) mass is 272 g/mol. The zero-order valence-electron chi connectivity index (χ0n) is 11.7. The van der Waals surface area contributed by atoms with Gasteiger partial charge in [-0.1, -0.05) is 37.3 Å². The number of aromatic nitrogens is 3. The molecule has 1 amide bonds. The van der Waals surface area contributed by atoms with Gasteiger partial charge in [0.05, 0.1) is 0 Å². The van der Waals surface area contributed by atoms with Crippen LogP contribution in [0.15, 0.2) is 30.3 Å². The number of carbonyl (C=O) groups is 1. The molecule has 0 bridgehead atoms. The third-order valence-electron chi connectivity index (χ3n) is 2.99. The van der Waals surface area contributed by atoms with Crippen LogP contribution in [0.5, 0.6) is 0 Å². The highest BCUT2D eigenvalue weighted by molar-refractivity contribution is 5.90. The lowest BCUT2D eigenvalue weighted by atomic mass is 10.1. The third-order valence-corrected chi connectivity index (χ3v) is 2.99. The molecule has 0 atom stereocenters. The summed E-state index contributed by atoms with van der Waals surface area (Å²) in [6.45, 7) is 2.69. The number of amides is 1. The fourth-order valence-corrected chi connectivity index (χ4v) is 1.96. The van der Waals surface area contributed by atoms with Crippen LogP contribution in [-0.4, -0.2) is 27.6 Å². The van der Waals surface area contributed by atoms with Gasteiger partial charge in [-0.25, -0.2) is 4.98 Å². The van der Waals surface area contributed by atoms with E-state index in [9.17, 15) is 4.79 Å². The van der Waals surface area contributed by atoms with Crippen LogP contribution in [0.25, 0.3) is 0 Å². The summed E-state index contributed by atoms with van der Waals surface area (Å²) in [6, 6.07) is 10.2. The van der Waals surface area contributed by atoms with Crippen LogP contribution in [-0.2, 0) is 12.8 Å². The molecule has 106 valence electrons. The van der Waals surface area contributed by atoms with E-state index in [-0.39, 0.29) is 11.7 Å². The van der Waals surface area contributed by atoms with Crippen molar-refractivity contribution >= 4 is 5.91 Å². The number of hydrogen-bond acceptors (Lipinski definition) is 3. The minimum absolute atomic E-state index is 0.211.